The normalized spacial score (nSPS) is 15.1. The van der Waals surface area contributed by atoms with E-state index in [1.165, 1.54) is 43.9 Å². The predicted octanol–water partition coefficient (Wildman–Crippen LogP) is 3.59. The summed E-state index contributed by atoms with van der Waals surface area (Å²) < 4.78 is 7.30. The molecule has 3 rings (SSSR count). The second kappa shape index (κ2) is 9.62. The topological polar surface area (TPSA) is 73.0 Å². The number of carbonyl (C=O) groups excluding carboxylic acids is 1. The number of nitrogens with zero attached hydrogens (tertiary/aromatic N) is 3. The Morgan fingerprint density at radius 1 is 1.38 bits per heavy atom. The van der Waals surface area contributed by atoms with Crippen LogP contribution in [0.4, 0.5) is 0 Å². The van der Waals surface area contributed by atoms with E-state index in [-0.39, 0.29) is 5.91 Å². The van der Waals surface area contributed by atoms with Crippen LogP contribution >= 0.6 is 11.8 Å². The Bertz CT molecular complexity index is 705. The number of rotatable bonds is 9. The lowest BCUT2D eigenvalue weighted by Gasteiger charge is -2.21. The number of aromatic nitrogens is 3. The molecule has 6 nitrogen and oxygen atoms in total. The summed E-state index contributed by atoms with van der Waals surface area (Å²) in [5.41, 5.74) is 0. The van der Waals surface area contributed by atoms with Crippen LogP contribution in [0.1, 0.15) is 43.7 Å². The van der Waals surface area contributed by atoms with Crippen molar-refractivity contribution in [2.24, 2.45) is 5.92 Å². The lowest BCUT2D eigenvalue weighted by atomic mass is 9.87. The molecule has 1 N–H and O–H groups in total. The summed E-state index contributed by atoms with van der Waals surface area (Å²) in [4.78, 5) is 12.1. The lowest BCUT2D eigenvalue weighted by Crippen LogP contribution is -2.24. The summed E-state index contributed by atoms with van der Waals surface area (Å²) in [5.74, 6) is 2.71. The Labute approximate surface area is 158 Å². The van der Waals surface area contributed by atoms with Gasteiger partial charge in [0.15, 0.2) is 5.16 Å². The van der Waals surface area contributed by atoms with E-state index in [2.05, 4.69) is 26.7 Å². The lowest BCUT2D eigenvalue weighted by molar-refractivity contribution is -0.118. The molecular weight excluding hydrogens is 348 g/mol. The van der Waals surface area contributed by atoms with Gasteiger partial charge < -0.3 is 14.3 Å². The van der Waals surface area contributed by atoms with Crippen molar-refractivity contribution < 1.29 is 9.21 Å². The SMILES string of the molecule is C=CCn1c(CC2CCCCC2)nnc1SCC(=O)NCc1ccco1. The average molecular weight is 375 g/mol. The molecule has 0 spiro atoms. The molecule has 1 saturated carbocycles. The molecule has 0 unspecified atom stereocenters. The van der Waals surface area contributed by atoms with E-state index in [0.29, 0.717) is 24.8 Å². The highest BCUT2D eigenvalue weighted by molar-refractivity contribution is 7.99. The number of carbonyl (C=O) groups is 1. The van der Waals surface area contributed by atoms with Crippen LogP contribution in [-0.2, 0) is 24.3 Å². The zero-order chi connectivity index (χ0) is 18.2. The van der Waals surface area contributed by atoms with Crippen molar-refractivity contribution in [1.29, 1.82) is 0 Å². The first-order valence-electron chi connectivity index (χ1n) is 9.21. The highest BCUT2D eigenvalue weighted by atomic mass is 32.2. The quantitative estimate of drug-likeness (QED) is 0.536. The Hall–Kier alpha value is -2.02. The third-order valence-corrected chi connectivity index (χ3v) is 5.64. The van der Waals surface area contributed by atoms with Crippen LogP contribution in [0.2, 0.25) is 0 Å². The molecule has 0 atom stereocenters. The highest BCUT2D eigenvalue weighted by Crippen LogP contribution is 2.27. The largest absolute Gasteiger partial charge is 0.467 e. The second-order valence-electron chi connectivity index (χ2n) is 6.65. The van der Waals surface area contributed by atoms with Gasteiger partial charge in [-0.2, -0.15) is 0 Å². The zero-order valence-electron chi connectivity index (χ0n) is 15.0. The fourth-order valence-electron chi connectivity index (χ4n) is 3.32. The molecule has 1 amide bonds. The maximum Gasteiger partial charge on any atom is 0.230 e. The van der Waals surface area contributed by atoms with Crippen LogP contribution < -0.4 is 5.32 Å². The van der Waals surface area contributed by atoms with Gasteiger partial charge in [-0.3, -0.25) is 4.79 Å². The molecule has 140 valence electrons. The number of furan rings is 1. The highest BCUT2D eigenvalue weighted by Gasteiger charge is 2.19. The van der Waals surface area contributed by atoms with E-state index in [1.54, 1.807) is 6.26 Å². The summed E-state index contributed by atoms with van der Waals surface area (Å²) in [7, 11) is 0. The van der Waals surface area contributed by atoms with Gasteiger partial charge in [-0.25, -0.2) is 0 Å². The fourth-order valence-corrected chi connectivity index (χ4v) is 4.12. The Morgan fingerprint density at radius 2 is 2.23 bits per heavy atom. The molecule has 1 fully saturated rings. The first-order chi connectivity index (χ1) is 12.8. The smallest absolute Gasteiger partial charge is 0.230 e. The molecule has 2 aromatic heterocycles. The first kappa shape index (κ1) is 18.8. The van der Waals surface area contributed by atoms with Crippen LogP contribution in [0, 0.1) is 5.92 Å². The summed E-state index contributed by atoms with van der Waals surface area (Å²) >= 11 is 1.41. The molecule has 26 heavy (non-hydrogen) atoms. The van der Waals surface area contributed by atoms with Gasteiger partial charge in [0.25, 0.3) is 0 Å². The van der Waals surface area contributed by atoms with Gasteiger partial charge in [0.05, 0.1) is 18.6 Å². The molecule has 0 bridgehead atoms. The van der Waals surface area contributed by atoms with E-state index in [1.807, 2.05) is 18.2 Å². The first-order valence-corrected chi connectivity index (χ1v) is 10.2. The zero-order valence-corrected chi connectivity index (χ0v) is 15.8. The minimum absolute atomic E-state index is 0.0478. The second-order valence-corrected chi connectivity index (χ2v) is 7.59. The summed E-state index contributed by atoms with van der Waals surface area (Å²) in [6.07, 6.45) is 11.0. The number of amides is 1. The third kappa shape index (κ3) is 5.24. The van der Waals surface area contributed by atoms with Crippen LogP contribution in [0.5, 0.6) is 0 Å². The van der Waals surface area contributed by atoms with E-state index in [0.717, 1.165) is 23.2 Å². The van der Waals surface area contributed by atoms with Gasteiger partial charge in [0.1, 0.15) is 11.6 Å². The van der Waals surface area contributed by atoms with Crippen LogP contribution in [0.25, 0.3) is 0 Å². The van der Waals surface area contributed by atoms with Gasteiger partial charge >= 0.3 is 0 Å². The monoisotopic (exact) mass is 374 g/mol. The van der Waals surface area contributed by atoms with Crippen LogP contribution in [-0.4, -0.2) is 26.4 Å². The summed E-state index contributed by atoms with van der Waals surface area (Å²) in [6, 6.07) is 3.65. The predicted molar refractivity (Wildman–Crippen MR) is 102 cm³/mol. The van der Waals surface area contributed by atoms with Crippen LogP contribution in [0.3, 0.4) is 0 Å². The number of thioether (sulfide) groups is 1. The van der Waals surface area contributed by atoms with Crippen molar-refractivity contribution in [1.82, 2.24) is 20.1 Å². The minimum Gasteiger partial charge on any atom is -0.467 e. The van der Waals surface area contributed by atoms with Crippen molar-refractivity contribution in [3.8, 4) is 0 Å². The van der Waals surface area contributed by atoms with Gasteiger partial charge in [-0.1, -0.05) is 49.9 Å². The average Bonchev–Trinajstić information content (AvgIpc) is 3.30. The minimum atomic E-state index is -0.0478. The molecular formula is C19H26N4O2S. The van der Waals surface area contributed by atoms with E-state index >= 15 is 0 Å². The number of hydrogen-bond donors (Lipinski definition) is 1. The molecule has 1 aliphatic carbocycles. The van der Waals surface area contributed by atoms with Gasteiger partial charge in [-0.05, 0) is 18.1 Å². The van der Waals surface area contributed by atoms with E-state index in [4.69, 9.17) is 4.42 Å². The van der Waals surface area contributed by atoms with Gasteiger partial charge in [0, 0.05) is 13.0 Å². The number of nitrogens with one attached hydrogen (secondary N) is 1. The molecule has 0 radical (unpaired) electrons. The van der Waals surface area contributed by atoms with Gasteiger partial charge in [0.2, 0.25) is 5.91 Å². The maximum atomic E-state index is 12.1. The van der Waals surface area contributed by atoms with Crippen LogP contribution in [0.15, 0.2) is 40.6 Å². The van der Waals surface area contributed by atoms with Crippen molar-refractivity contribution in [2.45, 2.75) is 56.8 Å². The third-order valence-electron chi connectivity index (χ3n) is 4.67. The maximum absolute atomic E-state index is 12.1. The van der Waals surface area contributed by atoms with E-state index < -0.39 is 0 Å². The Kier molecular flexibility index (Phi) is 6.94. The Balaban J connectivity index is 1.54. The van der Waals surface area contributed by atoms with Crippen molar-refractivity contribution in [3.63, 3.8) is 0 Å². The van der Waals surface area contributed by atoms with Crippen molar-refractivity contribution >= 4 is 17.7 Å². The standard InChI is InChI=1S/C19H26N4O2S/c1-2-10-23-17(12-15-7-4-3-5-8-15)21-22-19(23)26-14-18(24)20-13-16-9-6-11-25-16/h2,6,9,11,15H,1,3-5,7-8,10,12-14H2,(H,20,24). The van der Waals surface area contributed by atoms with Gasteiger partial charge in [-0.15, -0.1) is 16.8 Å². The van der Waals surface area contributed by atoms with Crippen molar-refractivity contribution in [3.05, 3.63) is 42.6 Å². The van der Waals surface area contributed by atoms with E-state index in [9.17, 15) is 4.79 Å². The van der Waals surface area contributed by atoms with Crippen molar-refractivity contribution in [2.75, 3.05) is 5.75 Å². The molecule has 0 aliphatic heterocycles. The molecule has 1 aliphatic rings. The Morgan fingerprint density at radius 3 is 2.96 bits per heavy atom. The molecule has 2 heterocycles. The molecule has 2 aromatic rings. The number of allylic oxidation sites excluding steroid dienone is 1. The summed E-state index contributed by atoms with van der Waals surface area (Å²) in [5, 5.41) is 12.3. The fraction of sp³-hybridized carbons (Fsp3) is 0.526. The number of hydrogen-bond acceptors (Lipinski definition) is 5. The molecule has 0 aromatic carbocycles. The molecule has 0 saturated heterocycles. The molecule has 7 heteroatoms. The summed E-state index contributed by atoms with van der Waals surface area (Å²) in [6.45, 7) is 4.92.